The second-order valence-electron chi connectivity index (χ2n) is 4.75. The molecule has 0 atom stereocenters. The molecule has 0 radical (unpaired) electrons. The normalized spacial score (nSPS) is 18.3. The second-order valence-corrected chi connectivity index (χ2v) is 4.75. The average molecular weight is 253 g/mol. The van der Waals surface area contributed by atoms with E-state index in [0.29, 0.717) is 12.5 Å². The molecule has 2 rings (SSSR count). The topological polar surface area (TPSA) is 60.2 Å². The van der Waals surface area contributed by atoms with Gasteiger partial charge in [0, 0.05) is 19.6 Å². The standard InChI is InChI=1S/C13H23N3O2/c1-3-14-10-7-11-15-12(16-18-11)13(17-4-2)8-5-6-9-13/h14H,3-10H2,1-2H3. The zero-order chi connectivity index (χ0) is 12.8. The SMILES string of the molecule is CCNCCc1nc(C2(OCC)CCCC2)no1. The van der Waals surface area contributed by atoms with Crippen molar-refractivity contribution in [3.63, 3.8) is 0 Å². The summed E-state index contributed by atoms with van der Waals surface area (Å²) in [5, 5.41) is 7.38. The lowest BCUT2D eigenvalue weighted by Crippen LogP contribution is -2.27. The Kier molecular flexibility index (Phi) is 4.72. The van der Waals surface area contributed by atoms with Crippen molar-refractivity contribution in [1.82, 2.24) is 15.5 Å². The van der Waals surface area contributed by atoms with Gasteiger partial charge in [0.15, 0.2) is 0 Å². The third kappa shape index (κ3) is 2.90. The van der Waals surface area contributed by atoms with Crippen LogP contribution in [0.25, 0.3) is 0 Å². The van der Waals surface area contributed by atoms with Crippen LogP contribution >= 0.6 is 0 Å². The summed E-state index contributed by atoms with van der Waals surface area (Å²) in [5.41, 5.74) is -0.283. The molecule has 5 heteroatoms. The van der Waals surface area contributed by atoms with Crippen molar-refractivity contribution in [3.05, 3.63) is 11.7 Å². The summed E-state index contributed by atoms with van der Waals surface area (Å²) in [6.45, 7) is 6.64. The average Bonchev–Trinajstić information content (AvgIpc) is 2.99. The Morgan fingerprint density at radius 1 is 1.33 bits per heavy atom. The predicted octanol–water partition coefficient (Wildman–Crippen LogP) is 2.03. The maximum atomic E-state index is 5.91. The van der Waals surface area contributed by atoms with Gasteiger partial charge in [-0.05, 0) is 39.2 Å². The number of ether oxygens (including phenoxy) is 1. The van der Waals surface area contributed by atoms with Gasteiger partial charge < -0.3 is 14.6 Å². The maximum absolute atomic E-state index is 5.91. The fourth-order valence-corrected chi connectivity index (χ4v) is 2.57. The third-order valence-electron chi connectivity index (χ3n) is 3.47. The molecule has 0 aromatic carbocycles. The molecule has 0 bridgehead atoms. The maximum Gasteiger partial charge on any atom is 0.228 e. The Balaban J connectivity index is 2.02. The Morgan fingerprint density at radius 3 is 2.78 bits per heavy atom. The molecule has 18 heavy (non-hydrogen) atoms. The highest BCUT2D eigenvalue weighted by molar-refractivity contribution is 5.04. The van der Waals surface area contributed by atoms with Gasteiger partial charge in [0.25, 0.3) is 0 Å². The summed E-state index contributed by atoms with van der Waals surface area (Å²) in [4.78, 5) is 4.51. The number of hydrogen-bond donors (Lipinski definition) is 1. The van der Waals surface area contributed by atoms with E-state index in [4.69, 9.17) is 9.26 Å². The molecule has 0 spiro atoms. The van der Waals surface area contributed by atoms with Crippen LogP contribution in [0.3, 0.4) is 0 Å². The van der Waals surface area contributed by atoms with E-state index in [1.165, 1.54) is 12.8 Å². The lowest BCUT2D eigenvalue weighted by Gasteiger charge is -2.24. The quantitative estimate of drug-likeness (QED) is 0.753. The van der Waals surface area contributed by atoms with E-state index >= 15 is 0 Å². The minimum atomic E-state index is -0.283. The van der Waals surface area contributed by atoms with Crippen LogP contribution in [0, 0.1) is 0 Å². The monoisotopic (exact) mass is 253 g/mol. The van der Waals surface area contributed by atoms with Crippen LogP contribution in [0.15, 0.2) is 4.52 Å². The molecule has 1 aromatic rings. The first kappa shape index (κ1) is 13.5. The van der Waals surface area contributed by atoms with Crippen molar-refractivity contribution >= 4 is 0 Å². The molecule has 1 aromatic heterocycles. The number of nitrogens with one attached hydrogen (secondary N) is 1. The van der Waals surface area contributed by atoms with Crippen molar-refractivity contribution in [2.24, 2.45) is 0 Å². The van der Waals surface area contributed by atoms with E-state index in [1.54, 1.807) is 0 Å². The first-order valence-corrected chi connectivity index (χ1v) is 6.98. The lowest BCUT2D eigenvalue weighted by atomic mass is 10.0. The molecule has 1 aliphatic carbocycles. The predicted molar refractivity (Wildman–Crippen MR) is 68.3 cm³/mol. The first-order chi connectivity index (χ1) is 8.80. The van der Waals surface area contributed by atoms with Crippen molar-refractivity contribution in [2.75, 3.05) is 19.7 Å². The summed E-state index contributed by atoms with van der Waals surface area (Å²) < 4.78 is 11.2. The molecule has 1 aliphatic rings. The molecular formula is C13H23N3O2. The van der Waals surface area contributed by atoms with E-state index in [-0.39, 0.29) is 5.60 Å². The van der Waals surface area contributed by atoms with E-state index in [2.05, 4.69) is 22.4 Å². The molecule has 1 fully saturated rings. The molecular weight excluding hydrogens is 230 g/mol. The van der Waals surface area contributed by atoms with E-state index in [0.717, 1.165) is 38.2 Å². The number of aromatic nitrogens is 2. The highest BCUT2D eigenvalue weighted by Crippen LogP contribution is 2.40. The number of nitrogens with zero attached hydrogens (tertiary/aromatic N) is 2. The van der Waals surface area contributed by atoms with Crippen molar-refractivity contribution in [3.8, 4) is 0 Å². The van der Waals surface area contributed by atoms with Crippen LogP contribution in [-0.2, 0) is 16.8 Å². The fourth-order valence-electron chi connectivity index (χ4n) is 2.57. The Morgan fingerprint density at radius 2 is 2.11 bits per heavy atom. The van der Waals surface area contributed by atoms with Gasteiger partial charge in [-0.2, -0.15) is 4.98 Å². The van der Waals surface area contributed by atoms with Crippen LogP contribution in [0.2, 0.25) is 0 Å². The summed E-state index contributed by atoms with van der Waals surface area (Å²) in [6.07, 6.45) is 5.16. The first-order valence-electron chi connectivity index (χ1n) is 6.98. The van der Waals surface area contributed by atoms with Crippen LogP contribution < -0.4 is 5.32 Å². The van der Waals surface area contributed by atoms with Gasteiger partial charge in [0.2, 0.25) is 11.7 Å². The van der Waals surface area contributed by atoms with E-state index < -0.39 is 0 Å². The van der Waals surface area contributed by atoms with Crippen LogP contribution in [0.4, 0.5) is 0 Å². The van der Waals surface area contributed by atoms with E-state index in [9.17, 15) is 0 Å². The van der Waals surface area contributed by atoms with Gasteiger partial charge in [-0.1, -0.05) is 12.1 Å². The van der Waals surface area contributed by atoms with Gasteiger partial charge >= 0.3 is 0 Å². The molecule has 1 saturated carbocycles. The number of hydrogen-bond acceptors (Lipinski definition) is 5. The largest absolute Gasteiger partial charge is 0.367 e. The van der Waals surface area contributed by atoms with Gasteiger partial charge in [0.1, 0.15) is 5.60 Å². The summed E-state index contributed by atoms with van der Waals surface area (Å²) in [5.74, 6) is 1.45. The molecule has 0 amide bonds. The minimum Gasteiger partial charge on any atom is -0.367 e. The summed E-state index contributed by atoms with van der Waals surface area (Å²) in [6, 6.07) is 0. The summed E-state index contributed by atoms with van der Waals surface area (Å²) >= 11 is 0. The Bertz CT molecular complexity index is 359. The zero-order valence-corrected chi connectivity index (χ0v) is 11.4. The fraction of sp³-hybridized carbons (Fsp3) is 0.846. The van der Waals surface area contributed by atoms with Gasteiger partial charge in [-0.25, -0.2) is 0 Å². The number of likely N-dealkylation sites (N-methyl/N-ethyl adjacent to an activating group) is 1. The second kappa shape index (κ2) is 6.29. The van der Waals surface area contributed by atoms with E-state index in [1.807, 2.05) is 6.92 Å². The van der Waals surface area contributed by atoms with Gasteiger partial charge in [0.05, 0.1) is 0 Å². The van der Waals surface area contributed by atoms with Crippen LogP contribution in [0.1, 0.15) is 51.2 Å². The summed E-state index contributed by atoms with van der Waals surface area (Å²) in [7, 11) is 0. The molecule has 0 saturated heterocycles. The molecule has 0 aliphatic heterocycles. The molecule has 102 valence electrons. The van der Waals surface area contributed by atoms with Crippen LogP contribution in [-0.4, -0.2) is 29.8 Å². The van der Waals surface area contributed by atoms with Gasteiger partial charge in [-0.3, -0.25) is 0 Å². The highest BCUT2D eigenvalue weighted by atomic mass is 16.5. The van der Waals surface area contributed by atoms with Crippen LogP contribution in [0.5, 0.6) is 0 Å². The minimum absolute atomic E-state index is 0.283. The molecule has 0 unspecified atom stereocenters. The van der Waals surface area contributed by atoms with Crippen molar-refractivity contribution in [1.29, 1.82) is 0 Å². The third-order valence-corrected chi connectivity index (χ3v) is 3.47. The lowest BCUT2D eigenvalue weighted by molar-refractivity contribution is -0.0469. The zero-order valence-electron chi connectivity index (χ0n) is 11.4. The Labute approximate surface area is 108 Å². The molecule has 1 N–H and O–H groups in total. The van der Waals surface area contributed by atoms with Crippen molar-refractivity contribution in [2.45, 2.75) is 51.6 Å². The molecule has 1 heterocycles. The molecule has 5 nitrogen and oxygen atoms in total. The van der Waals surface area contributed by atoms with Crippen molar-refractivity contribution < 1.29 is 9.26 Å². The highest BCUT2D eigenvalue weighted by Gasteiger charge is 2.40. The Hall–Kier alpha value is -0.940. The smallest absolute Gasteiger partial charge is 0.228 e. The number of rotatable bonds is 7. The van der Waals surface area contributed by atoms with Gasteiger partial charge in [-0.15, -0.1) is 0 Å².